The molecule has 0 aromatic heterocycles. The van der Waals surface area contributed by atoms with Gasteiger partial charge in [-0.05, 0) is 0 Å². The molecule has 0 heterocycles. The molecule has 0 fully saturated rings. The molecule has 1 heteroatoms. The predicted octanol–water partition coefficient (Wildman–Crippen LogP) is 2.73. The first kappa shape index (κ1) is 7.71. The zero-order valence-electron chi connectivity index (χ0n) is 5.33. The molecular weight excluding hydrogens is 120 g/mol. The van der Waals surface area contributed by atoms with Gasteiger partial charge in [0.25, 0.3) is 0 Å². The van der Waals surface area contributed by atoms with Crippen LogP contribution in [0.4, 0.5) is 0 Å². The summed E-state index contributed by atoms with van der Waals surface area (Å²) in [4.78, 5) is 0. The van der Waals surface area contributed by atoms with Crippen molar-refractivity contribution in [1.82, 2.24) is 0 Å². The SMILES string of the molecule is CC[CH2][Ti][CH2]CC. The van der Waals surface area contributed by atoms with Gasteiger partial charge in [-0.2, -0.15) is 0 Å². The quantitative estimate of drug-likeness (QED) is 0.409. The summed E-state index contributed by atoms with van der Waals surface area (Å²) in [5.74, 6) is 0. The summed E-state index contributed by atoms with van der Waals surface area (Å²) in [5.41, 5.74) is 0. The van der Waals surface area contributed by atoms with E-state index in [0.29, 0.717) is 19.2 Å². The molecule has 0 aliphatic rings. The maximum atomic E-state index is 2.28. The standard InChI is InChI=1S/2C3H7.Ti/c2*1-3-2;/h2*1,3H2,2H3;. The van der Waals surface area contributed by atoms with Gasteiger partial charge in [-0.1, -0.05) is 0 Å². The van der Waals surface area contributed by atoms with Gasteiger partial charge < -0.3 is 0 Å². The zero-order chi connectivity index (χ0) is 5.54. The molecule has 0 N–H and O–H groups in total. The van der Waals surface area contributed by atoms with Gasteiger partial charge in [0.05, 0.1) is 0 Å². The molecule has 0 saturated carbocycles. The Morgan fingerprint density at radius 1 is 1.00 bits per heavy atom. The van der Waals surface area contributed by atoms with E-state index in [1.165, 1.54) is 12.8 Å². The van der Waals surface area contributed by atoms with Crippen LogP contribution in [0.3, 0.4) is 0 Å². The van der Waals surface area contributed by atoms with Gasteiger partial charge in [-0.25, -0.2) is 0 Å². The van der Waals surface area contributed by atoms with Crippen LogP contribution in [0.25, 0.3) is 0 Å². The average Bonchev–Trinajstić information content (AvgIpc) is 1.69. The Hall–Kier alpha value is 0.714. The van der Waals surface area contributed by atoms with Crippen LogP contribution in [-0.2, 0) is 19.2 Å². The summed E-state index contributed by atoms with van der Waals surface area (Å²) in [6, 6.07) is 0. The van der Waals surface area contributed by atoms with E-state index in [1.807, 2.05) is 0 Å². The Labute approximate surface area is 55.6 Å². The first-order valence-electron chi connectivity index (χ1n) is 3.12. The summed E-state index contributed by atoms with van der Waals surface area (Å²) in [5, 5.41) is 0. The fourth-order valence-corrected chi connectivity index (χ4v) is 1.97. The van der Waals surface area contributed by atoms with Crippen LogP contribution in [0, 0.1) is 0 Å². The summed E-state index contributed by atoms with van der Waals surface area (Å²) < 4.78 is 3.10. The van der Waals surface area contributed by atoms with Crippen LogP contribution in [0.5, 0.6) is 0 Å². The van der Waals surface area contributed by atoms with Gasteiger partial charge in [0.1, 0.15) is 0 Å². The van der Waals surface area contributed by atoms with Crippen molar-refractivity contribution in [3.63, 3.8) is 0 Å². The molecule has 0 atom stereocenters. The van der Waals surface area contributed by atoms with Crippen molar-refractivity contribution in [2.75, 3.05) is 0 Å². The van der Waals surface area contributed by atoms with Gasteiger partial charge in [0.15, 0.2) is 0 Å². The average molecular weight is 134 g/mol. The van der Waals surface area contributed by atoms with Crippen molar-refractivity contribution in [1.29, 1.82) is 0 Å². The van der Waals surface area contributed by atoms with E-state index in [1.54, 1.807) is 9.45 Å². The first-order chi connectivity index (χ1) is 3.41. The Balaban J connectivity index is 2.45. The fraction of sp³-hybridized carbons (Fsp3) is 1.00. The van der Waals surface area contributed by atoms with E-state index >= 15 is 0 Å². The number of hydrogen-bond donors (Lipinski definition) is 0. The molecule has 0 saturated heterocycles. The molecule has 0 unspecified atom stereocenters. The van der Waals surface area contributed by atoms with Crippen molar-refractivity contribution < 1.29 is 19.2 Å². The molecule has 0 rings (SSSR count). The molecule has 0 spiro atoms. The molecule has 0 aromatic carbocycles. The van der Waals surface area contributed by atoms with Crippen LogP contribution in [0.2, 0.25) is 9.45 Å². The van der Waals surface area contributed by atoms with E-state index < -0.39 is 0 Å². The second-order valence-corrected chi connectivity index (χ2v) is 4.09. The molecule has 0 amide bonds. The second kappa shape index (κ2) is 6.71. The Bertz CT molecular complexity index is 23.4. The Morgan fingerprint density at radius 2 is 1.43 bits per heavy atom. The second-order valence-electron chi connectivity index (χ2n) is 1.75. The van der Waals surface area contributed by atoms with Gasteiger partial charge in [-0.15, -0.1) is 0 Å². The van der Waals surface area contributed by atoms with Crippen LogP contribution in [0.15, 0.2) is 0 Å². The minimum atomic E-state index is 0.514. The number of hydrogen-bond acceptors (Lipinski definition) is 0. The third-order valence-electron chi connectivity index (χ3n) is 0.854. The monoisotopic (exact) mass is 134 g/mol. The Kier molecular flexibility index (Phi) is 7.40. The minimum absolute atomic E-state index is 0.514. The van der Waals surface area contributed by atoms with E-state index in [0.717, 1.165) is 0 Å². The Morgan fingerprint density at radius 3 is 1.71 bits per heavy atom. The van der Waals surface area contributed by atoms with Crippen LogP contribution >= 0.6 is 0 Å². The topological polar surface area (TPSA) is 0 Å². The third kappa shape index (κ3) is 6.71. The van der Waals surface area contributed by atoms with Gasteiger partial charge >= 0.3 is 55.3 Å². The summed E-state index contributed by atoms with van der Waals surface area (Å²) in [7, 11) is 0. The van der Waals surface area contributed by atoms with E-state index in [2.05, 4.69) is 13.8 Å². The van der Waals surface area contributed by atoms with Crippen molar-refractivity contribution >= 4 is 0 Å². The molecule has 0 aromatic rings. The van der Waals surface area contributed by atoms with Crippen LogP contribution < -0.4 is 0 Å². The number of rotatable bonds is 4. The third-order valence-corrected chi connectivity index (χ3v) is 3.52. The molecule has 7 heavy (non-hydrogen) atoms. The molecule has 0 nitrogen and oxygen atoms in total. The summed E-state index contributed by atoms with van der Waals surface area (Å²) >= 11 is 0.514. The van der Waals surface area contributed by atoms with E-state index in [9.17, 15) is 0 Å². The summed E-state index contributed by atoms with van der Waals surface area (Å²) in [6.45, 7) is 4.55. The predicted molar refractivity (Wildman–Crippen MR) is 30.2 cm³/mol. The fourth-order valence-electron chi connectivity index (χ4n) is 0.479. The van der Waals surface area contributed by atoms with Crippen LogP contribution in [0.1, 0.15) is 26.7 Å². The first-order valence-corrected chi connectivity index (χ1v) is 5.33. The molecule has 0 aliphatic carbocycles. The van der Waals surface area contributed by atoms with Crippen molar-refractivity contribution in [2.24, 2.45) is 0 Å². The molecule has 0 radical (unpaired) electrons. The molecule has 42 valence electrons. The van der Waals surface area contributed by atoms with E-state index in [4.69, 9.17) is 0 Å². The van der Waals surface area contributed by atoms with Gasteiger partial charge in [-0.3, -0.25) is 0 Å². The molecule has 0 bridgehead atoms. The zero-order valence-corrected chi connectivity index (χ0v) is 6.89. The molecular formula is C6H14Ti. The maximum absolute atomic E-state index is 2.28. The van der Waals surface area contributed by atoms with Crippen LogP contribution in [-0.4, -0.2) is 0 Å². The molecule has 0 aliphatic heterocycles. The normalized spacial score (nSPS) is 8.86. The van der Waals surface area contributed by atoms with Crippen molar-refractivity contribution in [3.8, 4) is 0 Å². The van der Waals surface area contributed by atoms with Crippen molar-refractivity contribution in [2.45, 2.75) is 36.1 Å². The summed E-state index contributed by atoms with van der Waals surface area (Å²) in [6.07, 6.45) is 2.83. The van der Waals surface area contributed by atoms with E-state index in [-0.39, 0.29) is 0 Å². The van der Waals surface area contributed by atoms with Crippen molar-refractivity contribution in [3.05, 3.63) is 0 Å². The van der Waals surface area contributed by atoms with Gasteiger partial charge in [0.2, 0.25) is 0 Å². The van der Waals surface area contributed by atoms with Gasteiger partial charge in [0, 0.05) is 0 Å².